The zero-order valence-corrected chi connectivity index (χ0v) is 20.1. The van der Waals surface area contributed by atoms with Gasteiger partial charge >= 0.3 is 0 Å². The number of hydrogen-bond acceptors (Lipinski definition) is 6. The van der Waals surface area contributed by atoms with Crippen LogP contribution in [-0.4, -0.2) is 51.9 Å². The molecule has 34 heavy (non-hydrogen) atoms. The predicted molar refractivity (Wildman–Crippen MR) is 130 cm³/mol. The van der Waals surface area contributed by atoms with Crippen LogP contribution in [0.2, 0.25) is 0 Å². The van der Waals surface area contributed by atoms with Gasteiger partial charge in [-0.3, -0.25) is 9.59 Å². The van der Waals surface area contributed by atoms with Gasteiger partial charge in [-0.15, -0.1) is 0 Å². The van der Waals surface area contributed by atoms with E-state index in [1.54, 1.807) is 36.4 Å². The van der Waals surface area contributed by atoms with E-state index in [0.29, 0.717) is 47.6 Å². The second kappa shape index (κ2) is 12.8. The summed E-state index contributed by atoms with van der Waals surface area (Å²) < 4.78 is 22.2. The Morgan fingerprint density at radius 3 is 2.50 bits per heavy atom. The maximum Gasteiger partial charge on any atom is 0.262 e. The summed E-state index contributed by atoms with van der Waals surface area (Å²) in [6.07, 6.45) is 5.05. The van der Waals surface area contributed by atoms with E-state index < -0.39 is 0 Å². The molecule has 0 heterocycles. The van der Waals surface area contributed by atoms with E-state index in [9.17, 15) is 9.59 Å². The molecule has 0 bridgehead atoms. The van der Waals surface area contributed by atoms with Crippen LogP contribution in [0.5, 0.6) is 17.2 Å². The molecule has 8 nitrogen and oxygen atoms in total. The van der Waals surface area contributed by atoms with E-state index in [1.807, 2.05) is 6.07 Å². The topological polar surface area (TPSA) is 95.1 Å². The molecule has 184 valence electrons. The molecule has 0 spiro atoms. The van der Waals surface area contributed by atoms with Crippen LogP contribution in [0.15, 0.2) is 42.5 Å². The van der Waals surface area contributed by atoms with E-state index in [2.05, 4.69) is 17.6 Å². The number of amides is 2. The van der Waals surface area contributed by atoms with Crippen molar-refractivity contribution < 1.29 is 28.5 Å². The van der Waals surface area contributed by atoms with Gasteiger partial charge in [-0.05, 0) is 49.1 Å². The van der Waals surface area contributed by atoms with Crippen LogP contribution < -0.4 is 24.8 Å². The fraction of sp³-hybridized carbons (Fsp3) is 0.462. The summed E-state index contributed by atoms with van der Waals surface area (Å²) in [7, 11) is 3.02. The highest BCUT2D eigenvalue weighted by molar-refractivity contribution is 5.95. The number of para-hydroxylation sites is 2. The van der Waals surface area contributed by atoms with Crippen molar-refractivity contribution in [3.05, 3.63) is 48.0 Å². The van der Waals surface area contributed by atoms with Gasteiger partial charge in [0.05, 0.1) is 32.6 Å². The summed E-state index contributed by atoms with van der Waals surface area (Å²) in [4.78, 5) is 24.8. The molecule has 1 aliphatic rings. The molecule has 8 heteroatoms. The molecule has 1 saturated carbocycles. The van der Waals surface area contributed by atoms with Gasteiger partial charge in [0.15, 0.2) is 18.1 Å². The minimum absolute atomic E-state index is 0.223. The van der Waals surface area contributed by atoms with Gasteiger partial charge in [-0.2, -0.15) is 0 Å². The molecule has 0 radical (unpaired) electrons. The fourth-order valence-electron chi connectivity index (χ4n) is 4.01. The third-order valence-corrected chi connectivity index (χ3v) is 5.92. The molecule has 2 unspecified atom stereocenters. The molecule has 2 aromatic rings. The number of hydrogen-bond donors (Lipinski definition) is 2. The highest BCUT2D eigenvalue weighted by Gasteiger charge is 2.21. The second-order valence-corrected chi connectivity index (χ2v) is 8.33. The van der Waals surface area contributed by atoms with Crippen molar-refractivity contribution in [2.75, 3.05) is 39.3 Å². The zero-order valence-electron chi connectivity index (χ0n) is 20.1. The number of carbonyl (C=O) groups excluding carboxylic acids is 2. The van der Waals surface area contributed by atoms with E-state index in [-0.39, 0.29) is 24.5 Å². The van der Waals surface area contributed by atoms with Crippen LogP contribution in [0.1, 0.15) is 43.0 Å². The Hall–Kier alpha value is -3.26. The van der Waals surface area contributed by atoms with Crippen molar-refractivity contribution in [3.63, 3.8) is 0 Å². The first kappa shape index (κ1) is 25.4. The van der Waals surface area contributed by atoms with Crippen LogP contribution in [0.25, 0.3) is 0 Å². The maximum atomic E-state index is 12.5. The Kier molecular flexibility index (Phi) is 9.58. The number of nitrogens with one attached hydrogen (secondary N) is 2. The Morgan fingerprint density at radius 2 is 1.74 bits per heavy atom. The lowest BCUT2D eigenvalue weighted by Crippen LogP contribution is -2.31. The number of methoxy groups -OCH3 is 2. The molecule has 2 atom stereocenters. The largest absolute Gasteiger partial charge is 0.495 e. The highest BCUT2D eigenvalue weighted by atomic mass is 16.5. The monoisotopic (exact) mass is 470 g/mol. The summed E-state index contributed by atoms with van der Waals surface area (Å²) in [5, 5.41) is 5.62. The fourth-order valence-corrected chi connectivity index (χ4v) is 4.01. The van der Waals surface area contributed by atoms with Gasteiger partial charge < -0.3 is 29.6 Å². The molecule has 0 aromatic heterocycles. The highest BCUT2D eigenvalue weighted by Crippen LogP contribution is 2.29. The van der Waals surface area contributed by atoms with Gasteiger partial charge in [0.25, 0.3) is 11.8 Å². The first-order valence-corrected chi connectivity index (χ1v) is 11.6. The molecule has 2 aromatic carbocycles. The Morgan fingerprint density at radius 1 is 0.971 bits per heavy atom. The van der Waals surface area contributed by atoms with E-state index >= 15 is 0 Å². The van der Waals surface area contributed by atoms with Gasteiger partial charge in [0.2, 0.25) is 0 Å². The van der Waals surface area contributed by atoms with Crippen molar-refractivity contribution >= 4 is 17.5 Å². The minimum atomic E-state index is -0.347. The first-order chi connectivity index (χ1) is 16.5. The first-order valence-electron chi connectivity index (χ1n) is 11.6. The second-order valence-electron chi connectivity index (χ2n) is 8.33. The normalized spacial score (nSPS) is 17.5. The maximum absolute atomic E-state index is 12.5. The molecular weight excluding hydrogens is 436 g/mol. The lowest BCUT2D eigenvalue weighted by molar-refractivity contribution is -0.118. The molecule has 1 aliphatic carbocycles. The molecular formula is C26H34N2O6. The van der Waals surface area contributed by atoms with Gasteiger partial charge in [0, 0.05) is 12.1 Å². The summed E-state index contributed by atoms with van der Waals surface area (Å²) in [6, 6.07) is 12.0. The molecule has 2 amide bonds. The molecule has 0 aliphatic heterocycles. The Balaban J connectivity index is 1.48. The number of anilines is 1. The predicted octanol–water partition coefficient (Wildman–Crippen LogP) is 4.05. The van der Waals surface area contributed by atoms with Gasteiger partial charge in [-0.1, -0.05) is 31.9 Å². The Bertz CT molecular complexity index is 964. The lowest BCUT2D eigenvalue weighted by atomic mass is 9.88. The van der Waals surface area contributed by atoms with E-state index in [0.717, 1.165) is 6.42 Å². The number of carbonyl (C=O) groups is 2. The molecule has 0 saturated heterocycles. The number of rotatable bonds is 11. The smallest absolute Gasteiger partial charge is 0.262 e. The SMILES string of the molecule is COc1ccccc1NC(=O)COc1ccc(C(=O)NCCOC2CCCCC2C)cc1OC. The van der Waals surface area contributed by atoms with Crippen molar-refractivity contribution in [2.24, 2.45) is 5.92 Å². The molecule has 1 fully saturated rings. The van der Waals surface area contributed by atoms with Gasteiger partial charge in [0.1, 0.15) is 5.75 Å². The van der Waals surface area contributed by atoms with Crippen LogP contribution >= 0.6 is 0 Å². The van der Waals surface area contributed by atoms with Crippen LogP contribution in [-0.2, 0) is 9.53 Å². The standard InChI is InChI=1S/C26H34N2O6/c1-18-8-4-6-10-21(18)33-15-14-27-26(30)19-12-13-23(24(16-19)32-3)34-17-25(29)28-20-9-5-7-11-22(20)31-2/h5,7,9,11-13,16,18,21H,4,6,8,10,14-15,17H2,1-3H3,(H,27,30)(H,28,29). The summed E-state index contributed by atoms with van der Waals surface area (Å²) >= 11 is 0. The van der Waals surface area contributed by atoms with Crippen molar-refractivity contribution in [3.8, 4) is 17.2 Å². The van der Waals surface area contributed by atoms with E-state index in [4.69, 9.17) is 18.9 Å². The summed E-state index contributed by atoms with van der Waals surface area (Å²) in [5.74, 6) is 1.29. The third kappa shape index (κ3) is 7.12. The average Bonchev–Trinajstić information content (AvgIpc) is 2.86. The Labute approximate surface area is 200 Å². The number of benzene rings is 2. The quantitative estimate of drug-likeness (QED) is 0.481. The van der Waals surface area contributed by atoms with Crippen LogP contribution in [0.3, 0.4) is 0 Å². The minimum Gasteiger partial charge on any atom is -0.495 e. The lowest BCUT2D eigenvalue weighted by Gasteiger charge is -2.28. The van der Waals surface area contributed by atoms with Crippen molar-refractivity contribution in [1.82, 2.24) is 5.32 Å². The van der Waals surface area contributed by atoms with E-state index in [1.165, 1.54) is 33.5 Å². The van der Waals surface area contributed by atoms with Crippen molar-refractivity contribution in [2.45, 2.75) is 38.7 Å². The number of ether oxygens (including phenoxy) is 4. The zero-order chi connectivity index (χ0) is 24.3. The molecule has 2 N–H and O–H groups in total. The summed E-state index contributed by atoms with van der Waals surface area (Å²) in [6.45, 7) is 2.92. The van der Waals surface area contributed by atoms with Crippen LogP contribution in [0, 0.1) is 5.92 Å². The average molecular weight is 471 g/mol. The third-order valence-electron chi connectivity index (χ3n) is 5.92. The van der Waals surface area contributed by atoms with Crippen LogP contribution in [0.4, 0.5) is 5.69 Å². The van der Waals surface area contributed by atoms with Gasteiger partial charge in [-0.25, -0.2) is 0 Å². The molecule has 3 rings (SSSR count). The summed E-state index contributed by atoms with van der Waals surface area (Å²) in [5.41, 5.74) is 0.994. The van der Waals surface area contributed by atoms with Crippen molar-refractivity contribution in [1.29, 1.82) is 0 Å².